The van der Waals surface area contributed by atoms with Crippen molar-refractivity contribution in [3.05, 3.63) is 17.3 Å². The largest absolute Gasteiger partial charge is 0.435 e. The predicted molar refractivity (Wildman–Crippen MR) is 89.6 cm³/mol. The number of rotatable bonds is 5. The summed E-state index contributed by atoms with van der Waals surface area (Å²) < 4.78 is 5.49. The van der Waals surface area contributed by atoms with E-state index in [9.17, 15) is 9.59 Å². The van der Waals surface area contributed by atoms with Gasteiger partial charge in [-0.2, -0.15) is 0 Å². The van der Waals surface area contributed by atoms with E-state index in [4.69, 9.17) is 4.42 Å². The van der Waals surface area contributed by atoms with Crippen molar-refractivity contribution >= 4 is 11.8 Å². The van der Waals surface area contributed by atoms with Gasteiger partial charge in [0, 0.05) is 25.9 Å². The van der Waals surface area contributed by atoms with Gasteiger partial charge in [0.15, 0.2) is 5.89 Å². The lowest BCUT2D eigenvalue weighted by atomic mass is 9.89. The van der Waals surface area contributed by atoms with Gasteiger partial charge in [-0.05, 0) is 25.7 Å². The van der Waals surface area contributed by atoms with E-state index in [2.05, 4.69) is 10.3 Å². The first-order chi connectivity index (χ1) is 11.6. The Bertz CT molecular complexity index is 605. The highest BCUT2D eigenvalue weighted by atomic mass is 16.4. The summed E-state index contributed by atoms with van der Waals surface area (Å²) in [6, 6.07) is -0.136. The van der Waals surface area contributed by atoms with Gasteiger partial charge in [-0.1, -0.05) is 26.2 Å². The Kier molecular flexibility index (Phi) is 5.21. The molecule has 1 aromatic heterocycles. The molecule has 0 aromatic carbocycles. The van der Waals surface area contributed by atoms with Crippen LogP contribution in [-0.4, -0.2) is 40.8 Å². The quantitative estimate of drug-likeness (QED) is 0.898. The van der Waals surface area contributed by atoms with Crippen molar-refractivity contribution in [3.63, 3.8) is 0 Å². The number of carbonyl (C=O) groups excluding carboxylic acids is 2. The van der Waals surface area contributed by atoms with Crippen LogP contribution < -0.4 is 5.32 Å². The third-order valence-electron chi connectivity index (χ3n) is 5.10. The molecule has 24 heavy (non-hydrogen) atoms. The Labute approximate surface area is 143 Å². The molecule has 2 amide bonds. The van der Waals surface area contributed by atoms with Crippen LogP contribution in [0.5, 0.6) is 0 Å². The van der Waals surface area contributed by atoms with E-state index in [0.717, 1.165) is 6.54 Å². The third-order valence-corrected chi connectivity index (χ3v) is 5.10. The average Bonchev–Trinajstić information content (AvgIpc) is 3.11. The summed E-state index contributed by atoms with van der Waals surface area (Å²) in [5.74, 6) is 1.34. The molecular weight excluding hydrogens is 306 g/mol. The van der Waals surface area contributed by atoms with Crippen LogP contribution in [0.15, 0.2) is 4.42 Å². The molecule has 0 unspecified atom stereocenters. The van der Waals surface area contributed by atoms with E-state index >= 15 is 0 Å². The van der Waals surface area contributed by atoms with E-state index in [1.165, 1.54) is 32.1 Å². The van der Waals surface area contributed by atoms with Gasteiger partial charge in [-0.25, -0.2) is 4.98 Å². The van der Waals surface area contributed by atoms with Crippen LogP contribution in [0, 0.1) is 12.8 Å². The SMILES string of the molecule is CCc1nc(C)c(C(=O)N[C@@H]2CC(=O)N(CC3CCCCC3)C2)o1. The molecule has 0 bridgehead atoms. The van der Waals surface area contributed by atoms with E-state index in [-0.39, 0.29) is 23.6 Å². The van der Waals surface area contributed by atoms with Crippen molar-refractivity contribution in [2.75, 3.05) is 13.1 Å². The second-order valence-corrected chi connectivity index (χ2v) is 7.05. The first kappa shape index (κ1) is 17.0. The first-order valence-corrected chi connectivity index (χ1v) is 9.11. The molecule has 132 valence electrons. The number of likely N-dealkylation sites (tertiary alicyclic amines) is 1. The summed E-state index contributed by atoms with van der Waals surface area (Å²) >= 11 is 0. The minimum atomic E-state index is -0.267. The van der Waals surface area contributed by atoms with E-state index in [1.807, 2.05) is 11.8 Å². The lowest BCUT2D eigenvalue weighted by molar-refractivity contribution is -0.128. The second-order valence-electron chi connectivity index (χ2n) is 7.05. The van der Waals surface area contributed by atoms with Gasteiger partial charge in [0.25, 0.3) is 5.91 Å². The maximum Gasteiger partial charge on any atom is 0.289 e. The highest BCUT2D eigenvalue weighted by molar-refractivity contribution is 5.93. The van der Waals surface area contributed by atoms with Crippen molar-refractivity contribution < 1.29 is 14.0 Å². The van der Waals surface area contributed by atoms with Gasteiger partial charge in [0.05, 0.1) is 11.7 Å². The van der Waals surface area contributed by atoms with E-state index in [0.29, 0.717) is 36.9 Å². The van der Waals surface area contributed by atoms with E-state index in [1.54, 1.807) is 6.92 Å². The molecular formula is C18H27N3O3. The molecule has 6 heteroatoms. The Balaban J connectivity index is 1.55. The molecule has 1 saturated carbocycles. The number of nitrogens with one attached hydrogen (secondary N) is 1. The Morgan fingerprint density at radius 3 is 2.75 bits per heavy atom. The zero-order valence-electron chi connectivity index (χ0n) is 14.6. The number of aromatic nitrogens is 1. The van der Waals surface area contributed by atoms with Crippen LogP contribution >= 0.6 is 0 Å². The van der Waals surface area contributed by atoms with Gasteiger partial charge in [0.2, 0.25) is 11.7 Å². The smallest absolute Gasteiger partial charge is 0.289 e. The number of carbonyl (C=O) groups is 2. The highest BCUT2D eigenvalue weighted by Crippen LogP contribution is 2.26. The summed E-state index contributed by atoms with van der Waals surface area (Å²) in [6.07, 6.45) is 7.35. The normalized spacial score (nSPS) is 22.2. The van der Waals surface area contributed by atoms with Crippen LogP contribution in [0.3, 0.4) is 0 Å². The Hall–Kier alpha value is -1.85. The molecule has 6 nitrogen and oxygen atoms in total. The molecule has 0 spiro atoms. The monoisotopic (exact) mass is 333 g/mol. The van der Waals surface area contributed by atoms with E-state index < -0.39 is 0 Å². The Morgan fingerprint density at radius 1 is 1.33 bits per heavy atom. The zero-order valence-corrected chi connectivity index (χ0v) is 14.6. The standard InChI is InChI=1S/C18H27N3O3/c1-3-15-19-12(2)17(24-15)18(23)20-14-9-16(22)21(11-14)10-13-7-5-4-6-8-13/h13-14H,3-11H2,1-2H3,(H,20,23)/t14-/m1/s1. The van der Waals surface area contributed by atoms with Crippen LogP contribution in [0.25, 0.3) is 0 Å². The van der Waals surface area contributed by atoms with Crippen LogP contribution in [0.1, 0.15) is 67.6 Å². The molecule has 1 aliphatic carbocycles. The number of amides is 2. The third kappa shape index (κ3) is 3.79. The fraction of sp³-hybridized carbons (Fsp3) is 0.722. The maximum absolute atomic E-state index is 12.4. The van der Waals surface area contributed by atoms with Crippen LogP contribution in [0.4, 0.5) is 0 Å². The number of oxazole rings is 1. The molecule has 2 heterocycles. The van der Waals surface area contributed by atoms with Crippen molar-refractivity contribution in [2.45, 2.75) is 64.8 Å². The molecule has 1 aliphatic heterocycles. The summed E-state index contributed by atoms with van der Waals surface area (Å²) in [5, 5.41) is 2.94. The van der Waals surface area contributed by atoms with Crippen molar-refractivity contribution in [1.82, 2.24) is 15.2 Å². The van der Waals surface area contributed by atoms with Crippen molar-refractivity contribution in [3.8, 4) is 0 Å². The van der Waals surface area contributed by atoms with Crippen LogP contribution in [-0.2, 0) is 11.2 Å². The van der Waals surface area contributed by atoms with Gasteiger partial charge in [0.1, 0.15) is 0 Å². The number of hydrogen-bond donors (Lipinski definition) is 1. The molecule has 1 saturated heterocycles. The lowest BCUT2D eigenvalue weighted by Gasteiger charge is -2.27. The molecule has 1 N–H and O–H groups in total. The van der Waals surface area contributed by atoms with Gasteiger partial charge >= 0.3 is 0 Å². The number of aryl methyl sites for hydroxylation is 2. The summed E-state index contributed by atoms with van der Waals surface area (Å²) in [6.45, 7) is 5.15. The lowest BCUT2D eigenvalue weighted by Crippen LogP contribution is -2.38. The second kappa shape index (κ2) is 7.36. The minimum absolute atomic E-state index is 0.136. The highest BCUT2D eigenvalue weighted by Gasteiger charge is 2.33. The van der Waals surface area contributed by atoms with Crippen LogP contribution in [0.2, 0.25) is 0 Å². The fourth-order valence-electron chi connectivity index (χ4n) is 3.79. The minimum Gasteiger partial charge on any atom is -0.435 e. The summed E-state index contributed by atoms with van der Waals surface area (Å²) in [4.78, 5) is 30.8. The molecule has 3 rings (SSSR count). The molecule has 2 aliphatic rings. The summed E-state index contributed by atoms with van der Waals surface area (Å²) in [7, 11) is 0. The maximum atomic E-state index is 12.4. The molecule has 2 fully saturated rings. The number of nitrogens with zero attached hydrogens (tertiary/aromatic N) is 2. The van der Waals surface area contributed by atoms with Gasteiger partial charge < -0.3 is 14.6 Å². The molecule has 1 atom stereocenters. The Morgan fingerprint density at radius 2 is 2.08 bits per heavy atom. The van der Waals surface area contributed by atoms with Crippen molar-refractivity contribution in [1.29, 1.82) is 0 Å². The first-order valence-electron chi connectivity index (χ1n) is 9.11. The zero-order chi connectivity index (χ0) is 17.1. The molecule has 1 aromatic rings. The predicted octanol–water partition coefficient (Wildman–Crippen LogP) is 2.46. The fourth-order valence-corrected chi connectivity index (χ4v) is 3.79. The van der Waals surface area contributed by atoms with Gasteiger partial charge in [-0.15, -0.1) is 0 Å². The summed E-state index contributed by atoms with van der Waals surface area (Å²) in [5.41, 5.74) is 0.604. The topological polar surface area (TPSA) is 75.4 Å². The number of hydrogen-bond acceptors (Lipinski definition) is 4. The van der Waals surface area contributed by atoms with Crippen molar-refractivity contribution in [2.24, 2.45) is 5.92 Å². The molecule has 0 radical (unpaired) electrons. The van der Waals surface area contributed by atoms with Gasteiger partial charge in [-0.3, -0.25) is 9.59 Å². The average molecular weight is 333 g/mol.